The molecule has 0 unspecified atom stereocenters. The minimum atomic E-state index is -1.93. The fourth-order valence-corrected chi connectivity index (χ4v) is 10.1. The van der Waals surface area contributed by atoms with Gasteiger partial charge in [0.1, 0.15) is 18.3 Å². The zero-order chi connectivity index (χ0) is 41.8. The van der Waals surface area contributed by atoms with E-state index in [1.807, 2.05) is 0 Å². The van der Waals surface area contributed by atoms with Crippen molar-refractivity contribution in [2.45, 2.75) is 102 Å². The van der Waals surface area contributed by atoms with Crippen molar-refractivity contribution >= 4 is 29.8 Å². The maximum Gasteiger partial charge on any atom is 0.338 e. The third kappa shape index (κ3) is 6.58. The molecule has 0 aromatic heterocycles. The molecule has 3 aliphatic carbocycles. The van der Waals surface area contributed by atoms with Crippen LogP contribution in [0.4, 0.5) is 0 Å². The molecule has 0 radical (unpaired) electrons. The summed E-state index contributed by atoms with van der Waals surface area (Å²) in [5.41, 5.74) is -6.30. The van der Waals surface area contributed by atoms with Crippen LogP contribution in [0.2, 0.25) is 0 Å². The Morgan fingerprint density at radius 3 is 1.64 bits per heavy atom. The molecule has 13 nitrogen and oxygen atoms in total. The standard InChI is InChI=1S/C45H48O13/c1-25-31(54-26(2)46)23-44(42(4,5)52)34(25)35(55-39(49)28-16-10-7-11-17-28)37(56-40(50)29-18-12-8-13-19-29)43(6)32(48)22-33-45(24-53-33,58-27(3)47)36(43)38(44)57-41(51)30-20-14-9-15-21-30/h7-21,31-33,35-38,48,52H,22-24H2,1-6H3/t31-,32-,33+,35+,36+,37-,38-,43+,44-,45-/m0/s1. The zero-order valence-corrected chi connectivity index (χ0v) is 33.2. The van der Waals surface area contributed by atoms with Crippen molar-refractivity contribution < 1.29 is 62.6 Å². The Balaban J connectivity index is 1.59. The second-order valence-corrected chi connectivity index (χ2v) is 16.4. The van der Waals surface area contributed by atoms with Gasteiger partial charge < -0.3 is 38.6 Å². The molecule has 3 fully saturated rings. The maximum atomic E-state index is 14.5. The summed E-state index contributed by atoms with van der Waals surface area (Å²) < 4.78 is 38.0. The average molecular weight is 797 g/mol. The summed E-state index contributed by atoms with van der Waals surface area (Å²) in [6, 6.07) is 24.3. The number of benzene rings is 3. The molecule has 7 rings (SSSR count). The first-order valence-electron chi connectivity index (χ1n) is 19.3. The van der Waals surface area contributed by atoms with Gasteiger partial charge in [-0.1, -0.05) is 61.5 Å². The first-order valence-corrected chi connectivity index (χ1v) is 19.3. The number of aliphatic hydroxyl groups is 2. The first-order chi connectivity index (χ1) is 27.5. The molecule has 1 saturated heterocycles. The van der Waals surface area contributed by atoms with E-state index in [-0.39, 0.29) is 41.7 Å². The van der Waals surface area contributed by atoms with Gasteiger partial charge in [-0.15, -0.1) is 0 Å². The van der Waals surface area contributed by atoms with Crippen LogP contribution in [0.25, 0.3) is 0 Å². The molecular formula is C45H48O13. The van der Waals surface area contributed by atoms with Crippen LogP contribution in [-0.2, 0) is 38.0 Å². The van der Waals surface area contributed by atoms with E-state index in [1.54, 1.807) is 105 Å². The molecule has 2 N–H and O–H groups in total. The summed E-state index contributed by atoms with van der Waals surface area (Å²) in [5, 5.41) is 25.4. The van der Waals surface area contributed by atoms with Gasteiger partial charge in [0.05, 0.1) is 46.3 Å². The SMILES string of the molecule is CC(=O)O[C@H]1C[C@]2(C(C)(C)O)C(=C1C)[C@@H](OC(=O)c1ccccc1)[C@H](OC(=O)c1ccccc1)[C@]1(C)[C@@H](O)C[C@H]3OC[C@@]3(OC(C)=O)[C@@H]1[C@@H]2OC(=O)c1ccccc1. The summed E-state index contributed by atoms with van der Waals surface area (Å²) in [6.07, 6.45) is -8.60. The van der Waals surface area contributed by atoms with Crippen LogP contribution < -0.4 is 0 Å². The molecule has 13 heteroatoms. The van der Waals surface area contributed by atoms with E-state index < -0.39 is 94.4 Å². The Hall–Kier alpha value is -5.37. The molecule has 1 aliphatic heterocycles. The highest BCUT2D eigenvalue weighted by Crippen LogP contribution is 2.69. The predicted octanol–water partition coefficient (Wildman–Crippen LogP) is 5.17. The topological polar surface area (TPSA) is 181 Å². The molecule has 58 heavy (non-hydrogen) atoms. The fraction of sp³-hybridized carbons (Fsp3) is 0.444. The number of esters is 5. The van der Waals surface area contributed by atoms with Crippen molar-refractivity contribution in [3.8, 4) is 0 Å². The van der Waals surface area contributed by atoms with E-state index in [1.165, 1.54) is 27.7 Å². The normalized spacial score (nSPS) is 32.5. The predicted molar refractivity (Wildman–Crippen MR) is 205 cm³/mol. The van der Waals surface area contributed by atoms with Gasteiger partial charge in [0, 0.05) is 32.1 Å². The lowest BCUT2D eigenvalue weighted by Crippen LogP contribution is -2.79. The van der Waals surface area contributed by atoms with E-state index in [4.69, 9.17) is 28.4 Å². The number of hydrogen-bond donors (Lipinski definition) is 2. The van der Waals surface area contributed by atoms with Crippen LogP contribution in [0.3, 0.4) is 0 Å². The van der Waals surface area contributed by atoms with Crippen molar-refractivity contribution in [2.75, 3.05) is 6.61 Å². The molecule has 3 aromatic carbocycles. The summed E-state index contributed by atoms with van der Waals surface area (Å²) >= 11 is 0. The summed E-state index contributed by atoms with van der Waals surface area (Å²) in [7, 11) is 0. The number of fused-ring (bicyclic) bond motifs is 4. The third-order valence-corrected chi connectivity index (χ3v) is 12.7. The van der Waals surface area contributed by atoms with Crippen LogP contribution in [0.1, 0.15) is 85.5 Å². The molecule has 10 atom stereocenters. The maximum absolute atomic E-state index is 14.5. The Kier molecular flexibility index (Phi) is 10.6. The minimum absolute atomic E-state index is 0.123. The van der Waals surface area contributed by atoms with Gasteiger partial charge in [-0.05, 0) is 68.3 Å². The summed E-state index contributed by atoms with van der Waals surface area (Å²) in [5.74, 6) is -5.19. The third-order valence-electron chi connectivity index (χ3n) is 12.7. The van der Waals surface area contributed by atoms with Gasteiger partial charge in [-0.25, -0.2) is 14.4 Å². The van der Waals surface area contributed by atoms with Crippen molar-refractivity contribution in [1.82, 2.24) is 0 Å². The molecule has 4 aliphatic rings. The number of ether oxygens (including phenoxy) is 6. The number of hydrogen-bond acceptors (Lipinski definition) is 13. The van der Waals surface area contributed by atoms with E-state index >= 15 is 0 Å². The van der Waals surface area contributed by atoms with E-state index in [9.17, 15) is 34.2 Å². The van der Waals surface area contributed by atoms with Gasteiger partial charge in [0.2, 0.25) is 0 Å². The quantitative estimate of drug-likeness (QED) is 0.165. The Morgan fingerprint density at radius 1 is 0.724 bits per heavy atom. The number of carbonyl (C=O) groups is 5. The average Bonchev–Trinajstić information content (AvgIpc) is 3.44. The fourth-order valence-electron chi connectivity index (χ4n) is 10.1. The summed E-state index contributed by atoms with van der Waals surface area (Å²) in [4.78, 5) is 69.3. The highest BCUT2D eigenvalue weighted by Gasteiger charge is 2.80. The van der Waals surface area contributed by atoms with Crippen molar-refractivity contribution in [1.29, 1.82) is 0 Å². The number of rotatable bonds is 9. The highest BCUT2D eigenvalue weighted by molar-refractivity contribution is 5.91. The van der Waals surface area contributed by atoms with Crippen molar-refractivity contribution in [3.05, 3.63) is 119 Å². The van der Waals surface area contributed by atoms with Crippen LogP contribution in [0.5, 0.6) is 0 Å². The Labute approximate surface area is 336 Å². The minimum Gasteiger partial charge on any atom is -0.458 e. The zero-order valence-electron chi connectivity index (χ0n) is 33.2. The van der Waals surface area contributed by atoms with Crippen LogP contribution in [-0.4, -0.2) is 94.5 Å². The molecule has 0 spiro atoms. The lowest BCUT2D eigenvalue weighted by atomic mass is 9.49. The number of carbonyl (C=O) groups excluding carboxylic acids is 5. The molecule has 2 saturated carbocycles. The second-order valence-electron chi connectivity index (χ2n) is 16.4. The molecule has 306 valence electrons. The lowest BCUT2D eigenvalue weighted by Gasteiger charge is -2.65. The Bertz CT molecular complexity index is 2110. The van der Waals surface area contributed by atoms with E-state index in [2.05, 4.69) is 0 Å². The largest absolute Gasteiger partial charge is 0.458 e. The second kappa shape index (κ2) is 15.1. The van der Waals surface area contributed by atoms with Crippen LogP contribution >= 0.6 is 0 Å². The number of aliphatic hydroxyl groups excluding tert-OH is 1. The van der Waals surface area contributed by atoms with Gasteiger partial charge in [0.15, 0.2) is 17.8 Å². The van der Waals surface area contributed by atoms with Gasteiger partial charge in [-0.3, -0.25) is 9.59 Å². The van der Waals surface area contributed by atoms with E-state index in [0.29, 0.717) is 5.57 Å². The summed E-state index contributed by atoms with van der Waals surface area (Å²) in [6.45, 7) is 8.50. The molecule has 3 aromatic rings. The first kappa shape index (κ1) is 40.8. The Morgan fingerprint density at radius 2 is 1.21 bits per heavy atom. The van der Waals surface area contributed by atoms with Gasteiger partial charge >= 0.3 is 29.8 Å². The smallest absolute Gasteiger partial charge is 0.338 e. The molecule has 1 heterocycles. The van der Waals surface area contributed by atoms with Crippen LogP contribution in [0.15, 0.2) is 102 Å². The van der Waals surface area contributed by atoms with Crippen LogP contribution in [0, 0.1) is 16.7 Å². The monoisotopic (exact) mass is 796 g/mol. The highest BCUT2D eigenvalue weighted by atomic mass is 16.6. The van der Waals surface area contributed by atoms with Gasteiger partial charge in [0.25, 0.3) is 0 Å². The molecule has 0 amide bonds. The molecule has 0 bridgehead atoms. The lowest BCUT2D eigenvalue weighted by molar-refractivity contribution is -0.350. The van der Waals surface area contributed by atoms with Crippen molar-refractivity contribution in [2.24, 2.45) is 16.7 Å². The van der Waals surface area contributed by atoms with E-state index in [0.717, 1.165) is 0 Å². The van der Waals surface area contributed by atoms with Gasteiger partial charge in [-0.2, -0.15) is 0 Å². The van der Waals surface area contributed by atoms with Crippen molar-refractivity contribution in [3.63, 3.8) is 0 Å². The molecular weight excluding hydrogens is 748 g/mol.